The van der Waals surface area contributed by atoms with E-state index in [4.69, 9.17) is 0 Å². The third-order valence-corrected chi connectivity index (χ3v) is 2.13. The van der Waals surface area contributed by atoms with Gasteiger partial charge in [-0.2, -0.15) is 0 Å². The van der Waals surface area contributed by atoms with E-state index in [0.29, 0.717) is 0 Å². The summed E-state index contributed by atoms with van der Waals surface area (Å²) in [5.41, 5.74) is 3.96. The lowest BCUT2D eigenvalue weighted by molar-refractivity contribution is 0.856. The molecule has 1 N–H and O–H groups in total. The van der Waals surface area contributed by atoms with Crippen molar-refractivity contribution in [1.82, 2.24) is 5.32 Å². The van der Waals surface area contributed by atoms with E-state index < -0.39 is 0 Å². The van der Waals surface area contributed by atoms with E-state index in [1.807, 2.05) is 7.05 Å². The molecule has 0 fully saturated rings. The van der Waals surface area contributed by atoms with Crippen LogP contribution in [0.4, 0.5) is 0 Å². The second kappa shape index (κ2) is 4.83. The molecule has 0 saturated carbocycles. The topological polar surface area (TPSA) is 12.0 Å². The lowest BCUT2D eigenvalue weighted by Gasteiger charge is -2.07. The van der Waals surface area contributed by atoms with Crippen LogP contribution in [-0.4, -0.2) is 13.6 Å². The zero-order valence-electron chi connectivity index (χ0n) is 8.43. The smallest absolute Gasteiger partial charge is 0.0162 e. The van der Waals surface area contributed by atoms with Crippen molar-refractivity contribution in [3.63, 3.8) is 0 Å². The number of aryl methyl sites for hydroxylation is 1. The zero-order chi connectivity index (χ0) is 9.68. The fraction of sp³-hybridized carbons (Fsp3) is 0.333. The van der Waals surface area contributed by atoms with Gasteiger partial charge >= 0.3 is 0 Å². The summed E-state index contributed by atoms with van der Waals surface area (Å²) in [5, 5.41) is 3.11. The van der Waals surface area contributed by atoms with Gasteiger partial charge in [-0.15, -0.1) is 0 Å². The second-order valence-electron chi connectivity index (χ2n) is 3.38. The van der Waals surface area contributed by atoms with Gasteiger partial charge in [0.1, 0.15) is 0 Å². The Morgan fingerprint density at radius 3 is 2.69 bits per heavy atom. The van der Waals surface area contributed by atoms with Gasteiger partial charge in [-0.1, -0.05) is 36.4 Å². The van der Waals surface area contributed by atoms with Crippen LogP contribution in [0.5, 0.6) is 0 Å². The predicted octanol–water partition coefficient (Wildman–Crippen LogP) is 2.31. The standard InChI is InChI=1S/C12H17N/c1-10(9-13-3)8-12-7-5-4-6-11(12)2/h4-7,13H,1,8-9H2,2-3H3. The van der Waals surface area contributed by atoms with E-state index in [2.05, 4.69) is 43.1 Å². The van der Waals surface area contributed by atoms with Crippen molar-refractivity contribution in [1.29, 1.82) is 0 Å². The van der Waals surface area contributed by atoms with E-state index in [0.717, 1.165) is 13.0 Å². The first-order chi connectivity index (χ1) is 6.24. The highest BCUT2D eigenvalue weighted by atomic mass is 14.8. The molecule has 0 bridgehead atoms. The largest absolute Gasteiger partial charge is 0.316 e. The maximum Gasteiger partial charge on any atom is 0.0162 e. The van der Waals surface area contributed by atoms with Crippen LogP contribution in [0.3, 0.4) is 0 Å². The van der Waals surface area contributed by atoms with Gasteiger partial charge < -0.3 is 5.32 Å². The molecule has 0 aliphatic heterocycles. The Bertz CT molecular complexity index is 289. The van der Waals surface area contributed by atoms with Crippen LogP contribution in [0, 0.1) is 6.92 Å². The third-order valence-electron chi connectivity index (χ3n) is 2.13. The van der Waals surface area contributed by atoms with Crippen molar-refractivity contribution in [2.24, 2.45) is 0 Å². The minimum Gasteiger partial charge on any atom is -0.316 e. The number of likely N-dealkylation sites (N-methyl/N-ethyl adjacent to an activating group) is 1. The molecule has 1 heteroatoms. The predicted molar refractivity (Wildman–Crippen MR) is 57.9 cm³/mol. The molecule has 0 unspecified atom stereocenters. The molecule has 0 spiro atoms. The molecule has 1 aromatic rings. The van der Waals surface area contributed by atoms with Crippen LogP contribution in [0.25, 0.3) is 0 Å². The SMILES string of the molecule is C=C(CNC)Cc1ccccc1C. The van der Waals surface area contributed by atoms with Gasteiger partial charge in [0.2, 0.25) is 0 Å². The summed E-state index contributed by atoms with van der Waals surface area (Å²) in [4.78, 5) is 0. The van der Waals surface area contributed by atoms with Crippen LogP contribution in [-0.2, 0) is 6.42 Å². The zero-order valence-corrected chi connectivity index (χ0v) is 8.43. The molecule has 0 amide bonds. The quantitative estimate of drug-likeness (QED) is 0.692. The molecule has 70 valence electrons. The Balaban J connectivity index is 2.63. The summed E-state index contributed by atoms with van der Waals surface area (Å²) in [6, 6.07) is 8.45. The molecule has 1 nitrogen and oxygen atoms in total. The highest BCUT2D eigenvalue weighted by Gasteiger charge is 1.98. The van der Waals surface area contributed by atoms with Crippen molar-refractivity contribution in [3.05, 3.63) is 47.5 Å². The first-order valence-corrected chi connectivity index (χ1v) is 4.60. The first kappa shape index (κ1) is 10.0. The van der Waals surface area contributed by atoms with Crippen LogP contribution < -0.4 is 5.32 Å². The summed E-state index contributed by atoms with van der Waals surface area (Å²) in [6.07, 6.45) is 0.980. The number of rotatable bonds is 4. The van der Waals surface area contributed by atoms with E-state index in [1.54, 1.807) is 0 Å². The minimum absolute atomic E-state index is 0.897. The maximum absolute atomic E-state index is 4.02. The number of benzene rings is 1. The monoisotopic (exact) mass is 175 g/mol. The summed E-state index contributed by atoms with van der Waals surface area (Å²) in [5.74, 6) is 0. The summed E-state index contributed by atoms with van der Waals surface area (Å²) in [6.45, 7) is 7.06. The van der Waals surface area contributed by atoms with Gasteiger partial charge in [0.25, 0.3) is 0 Å². The van der Waals surface area contributed by atoms with Gasteiger partial charge in [0.15, 0.2) is 0 Å². The molecule has 1 aromatic carbocycles. The summed E-state index contributed by atoms with van der Waals surface area (Å²) >= 11 is 0. The van der Waals surface area contributed by atoms with Crippen LogP contribution in [0.15, 0.2) is 36.4 Å². The van der Waals surface area contributed by atoms with Crippen LogP contribution >= 0.6 is 0 Å². The molecular weight excluding hydrogens is 158 g/mol. The molecule has 13 heavy (non-hydrogen) atoms. The molecule has 0 aromatic heterocycles. The van der Waals surface area contributed by atoms with Crippen molar-refractivity contribution in [3.8, 4) is 0 Å². The number of hydrogen-bond donors (Lipinski definition) is 1. The summed E-state index contributed by atoms with van der Waals surface area (Å²) < 4.78 is 0. The van der Waals surface area contributed by atoms with Gasteiger partial charge in [0, 0.05) is 6.54 Å². The average Bonchev–Trinajstić information content (AvgIpc) is 2.09. The lowest BCUT2D eigenvalue weighted by atomic mass is 10.0. The average molecular weight is 175 g/mol. The van der Waals surface area contributed by atoms with Crippen molar-refractivity contribution in [2.75, 3.05) is 13.6 Å². The highest BCUT2D eigenvalue weighted by molar-refractivity contribution is 5.29. The van der Waals surface area contributed by atoms with Crippen LogP contribution in [0.2, 0.25) is 0 Å². The molecule has 0 aliphatic rings. The van der Waals surface area contributed by atoms with Gasteiger partial charge in [0.05, 0.1) is 0 Å². The van der Waals surface area contributed by atoms with Gasteiger partial charge in [-0.25, -0.2) is 0 Å². The number of nitrogens with one attached hydrogen (secondary N) is 1. The van der Waals surface area contributed by atoms with Crippen molar-refractivity contribution < 1.29 is 0 Å². The van der Waals surface area contributed by atoms with Gasteiger partial charge in [-0.05, 0) is 31.5 Å². The Morgan fingerprint density at radius 1 is 1.38 bits per heavy atom. The van der Waals surface area contributed by atoms with Gasteiger partial charge in [-0.3, -0.25) is 0 Å². The third kappa shape index (κ3) is 3.03. The first-order valence-electron chi connectivity index (χ1n) is 4.60. The molecule has 0 heterocycles. The van der Waals surface area contributed by atoms with Crippen molar-refractivity contribution in [2.45, 2.75) is 13.3 Å². The molecule has 0 radical (unpaired) electrons. The van der Waals surface area contributed by atoms with E-state index in [9.17, 15) is 0 Å². The minimum atomic E-state index is 0.897. The fourth-order valence-electron chi connectivity index (χ4n) is 1.39. The number of hydrogen-bond acceptors (Lipinski definition) is 1. The molecule has 0 aliphatic carbocycles. The normalized spacial score (nSPS) is 10.0. The fourth-order valence-corrected chi connectivity index (χ4v) is 1.39. The Hall–Kier alpha value is -1.08. The molecule has 0 atom stereocenters. The Labute approximate surface area is 80.5 Å². The molecule has 0 saturated heterocycles. The maximum atomic E-state index is 4.02. The Kier molecular flexibility index (Phi) is 3.71. The lowest BCUT2D eigenvalue weighted by Crippen LogP contribution is -2.11. The van der Waals surface area contributed by atoms with Crippen molar-refractivity contribution >= 4 is 0 Å². The van der Waals surface area contributed by atoms with Crippen LogP contribution in [0.1, 0.15) is 11.1 Å². The highest BCUT2D eigenvalue weighted by Crippen LogP contribution is 2.10. The molecule has 1 rings (SSSR count). The van der Waals surface area contributed by atoms with E-state index in [1.165, 1.54) is 16.7 Å². The van der Waals surface area contributed by atoms with E-state index >= 15 is 0 Å². The molecular formula is C12H17N. The second-order valence-corrected chi connectivity index (χ2v) is 3.38. The van der Waals surface area contributed by atoms with E-state index in [-0.39, 0.29) is 0 Å². The Morgan fingerprint density at radius 2 is 2.08 bits per heavy atom. The summed E-state index contributed by atoms with van der Waals surface area (Å²) in [7, 11) is 1.95.